The quantitative estimate of drug-likeness (QED) is 0.940. The molecule has 108 valence electrons. The van der Waals surface area contributed by atoms with Gasteiger partial charge in [-0.15, -0.1) is 0 Å². The van der Waals surface area contributed by atoms with Crippen molar-refractivity contribution in [3.63, 3.8) is 0 Å². The van der Waals surface area contributed by atoms with Gasteiger partial charge in [-0.3, -0.25) is 4.79 Å². The third-order valence-corrected chi connectivity index (χ3v) is 3.25. The Kier molecular flexibility index (Phi) is 3.73. The molecule has 3 rings (SSSR count). The highest BCUT2D eigenvalue weighted by Crippen LogP contribution is 2.32. The van der Waals surface area contributed by atoms with Crippen molar-refractivity contribution in [3.8, 4) is 11.5 Å². The van der Waals surface area contributed by atoms with Gasteiger partial charge in [0.15, 0.2) is 11.5 Å². The average molecular weight is 287 g/mol. The maximum Gasteiger partial charge on any atom is 0.254 e. The summed E-state index contributed by atoms with van der Waals surface area (Å²) < 4.78 is 24.0. The second-order valence-electron chi connectivity index (χ2n) is 4.67. The number of benzene rings is 2. The van der Waals surface area contributed by atoms with E-state index >= 15 is 0 Å². The van der Waals surface area contributed by atoms with Crippen LogP contribution in [0.2, 0.25) is 0 Å². The van der Waals surface area contributed by atoms with Crippen LogP contribution >= 0.6 is 0 Å². The van der Waals surface area contributed by atoms with Crippen LogP contribution < -0.4 is 14.8 Å². The summed E-state index contributed by atoms with van der Waals surface area (Å²) in [4.78, 5) is 11.8. The fraction of sp³-hybridized carbons (Fsp3) is 0.188. The van der Waals surface area contributed by atoms with Gasteiger partial charge in [0.05, 0.1) is 5.56 Å². The number of hydrogen-bond acceptors (Lipinski definition) is 3. The first-order chi connectivity index (χ1) is 10.2. The smallest absolute Gasteiger partial charge is 0.254 e. The summed E-state index contributed by atoms with van der Waals surface area (Å²) in [5, 5.41) is 2.70. The van der Waals surface area contributed by atoms with E-state index in [0.29, 0.717) is 18.7 Å². The van der Waals surface area contributed by atoms with Crippen molar-refractivity contribution in [3.05, 3.63) is 59.4 Å². The first kappa shape index (κ1) is 13.4. The maximum absolute atomic E-state index is 13.4. The summed E-state index contributed by atoms with van der Waals surface area (Å²) in [6.45, 7) is 0.662. The largest absolute Gasteiger partial charge is 0.454 e. The topological polar surface area (TPSA) is 47.6 Å². The standard InChI is InChI=1S/C16H14FNO3/c17-13-4-2-1-3-12(13)16(19)18-8-7-11-5-6-14-15(9-11)21-10-20-14/h1-6,9H,7-8,10H2,(H,18,19). The third-order valence-electron chi connectivity index (χ3n) is 3.25. The van der Waals surface area contributed by atoms with Crippen molar-refractivity contribution in [2.75, 3.05) is 13.3 Å². The Balaban J connectivity index is 1.57. The molecule has 0 spiro atoms. The fourth-order valence-corrected chi connectivity index (χ4v) is 2.16. The van der Waals surface area contributed by atoms with Gasteiger partial charge in [-0.25, -0.2) is 4.39 Å². The highest BCUT2D eigenvalue weighted by Gasteiger charge is 2.13. The molecule has 2 aromatic carbocycles. The molecular weight excluding hydrogens is 273 g/mol. The number of carbonyl (C=O) groups is 1. The van der Waals surface area contributed by atoms with Gasteiger partial charge >= 0.3 is 0 Å². The van der Waals surface area contributed by atoms with E-state index in [1.807, 2.05) is 18.2 Å². The normalized spacial score (nSPS) is 12.2. The molecule has 0 atom stereocenters. The highest BCUT2D eigenvalue weighted by atomic mass is 19.1. The van der Waals surface area contributed by atoms with Gasteiger partial charge in [0.2, 0.25) is 6.79 Å². The molecule has 0 fully saturated rings. The Labute approximate surface area is 121 Å². The number of rotatable bonds is 4. The van der Waals surface area contributed by atoms with E-state index in [2.05, 4.69) is 5.32 Å². The molecule has 1 aliphatic rings. The Morgan fingerprint density at radius 1 is 1.14 bits per heavy atom. The lowest BCUT2D eigenvalue weighted by molar-refractivity contribution is 0.0950. The molecule has 0 saturated heterocycles. The molecule has 1 aliphatic heterocycles. The van der Waals surface area contributed by atoms with Gasteiger partial charge in [-0.1, -0.05) is 18.2 Å². The zero-order valence-electron chi connectivity index (χ0n) is 11.3. The molecule has 1 heterocycles. The monoisotopic (exact) mass is 287 g/mol. The molecule has 21 heavy (non-hydrogen) atoms. The molecule has 1 N–H and O–H groups in total. The molecule has 4 nitrogen and oxygen atoms in total. The van der Waals surface area contributed by atoms with E-state index in [1.165, 1.54) is 12.1 Å². The SMILES string of the molecule is O=C(NCCc1ccc2c(c1)OCO2)c1ccccc1F. The van der Waals surface area contributed by atoms with E-state index < -0.39 is 11.7 Å². The summed E-state index contributed by atoms with van der Waals surface area (Å²) in [7, 11) is 0. The first-order valence-corrected chi connectivity index (χ1v) is 6.65. The van der Waals surface area contributed by atoms with E-state index in [1.54, 1.807) is 12.1 Å². The van der Waals surface area contributed by atoms with Crippen molar-refractivity contribution >= 4 is 5.91 Å². The predicted molar refractivity (Wildman–Crippen MR) is 75.0 cm³/mol. The number of fused-ring (bicyclic) bond motifs is 1. The van der Waals surface area contributed by atoms with E-state index in [0.717, 1.165) is 11.3 Å². The van der Waals surface area contributed by atoms with Crippen LogP contribution in [-0.4, -0.2) is 19.2 Å². The highest BCUT2D eigenvalue weighted by molar-refractivity contribution is 5.94. The summed E-state index contributed by atoms with van der Waals surface area (Å²) in [6.07, 6.45) is 0.636. The van der Waals surface area contributed by atoms with Crippen molar-refractivity contribution in [1.82, 2.24) is 5.32 Å². The van der Waals surface area contributed by atoms with Crippen LogP contribution in [-0.2, 0) is 6.42 Å². The van der Waals surface area contributed by atoms with Gasteiger partial charge in [0.25, 0.3) is 5.91 Å². The minimum absolute atomic E-state index is 0.0585. The van der Waals surface area contributed by atoms with Gasteiger partial charge < -0.3 is 14.8 Å². The van der Waals surface area contributed by atoms with Crippen molar-refractivity contribution in [2.24, 2.45) is 0 Å². The van der Waals surface area contributed by atoms with Gasteiger partial charge in [-0.2, -0.15) is 0 Å². The van der Waals surface area contributed by atoms with E-state index in [9.17, 15) is 9.18 Å². The van der Waals surface area contributed by atoms with E-state index in [4.69, 9.17) is 9.47 Å². The maximum atomic E-state index is 13.4. The Morgan fingerprint density at radius 2 is 1.95 bits per heavy atom. The lowest BCUT2D eigenvalue weighted by Gasteiger charge is -2.06. The predicted octanol–water partition coefficient (Wildman–Crippen LogP) is 2.53. The zero-order chi connectivity index (χ0) is 14.7. The van der Waals surface area contributed by atoms with Crippen LogP contribution in [0.25, 0.3) is 0 Å². The zero-order valence-corrected chi connectivity index (χ0v) is 11.3. The Hall–Kier alpha value is -2.56. The summed E-state index contributed by atoms with van der Waals surface area (Å²) in [6, 6.07) is 11.6. The molecule has 0 aromatic heterocycles. The summed E-state index contributed by atoms with van der Waals surface area (Å²) in [5.41, 5.74) is 1.08. The molecule has 1 amide bonds. The molecule has 5 heteroatoms. The van der Waals surface area contributed by atoms with E-state index in [-0.39, 0.29) is 12.4 Å². The van der Waals surface area contributed by atoms with Crippen molar-refractivity contribution in [2.45, 2.75) is 6.42 Å². The Morgan fingerprint density at radius 3 is 2.81 bits per heavy atom. The van der Waals surface area contributed by atoms with Crippen LogP contribution in [0.3, 0.4) is 0 Å². The summed E-state index contributed by atoms with van der Waals surface area (Å²) in [5.74, 6) is 0.522. The molecular formula is C16H14FNO3. The number of ether oxygens (including phenoxy) is 2. The molecule has 0 bridgehead atoms. The second-order valence-corrected chi connectivity index (χ2v) is 4.67. The fourth-order valence-electron chi connectivity index (χ4n) is 2.16. The number of nitrogens with one attached hydrogen (secondary N) is 1. The minimum atomic E-state index is -0.516. The average Bonchev–Trinajstić information content (AvgIpc) is 2.95. The lowest BCUT2D eigenvalue weighted by Crippen LogP contribution is -2.26. The van der Waals surface area contributed by atoms with Crippen LogP contribution in [0.15, 0.2) is 42.5 Å². The second kappa shape index (κ2) is 5.83. The molecule has 0 aliphatic carbocycles. The van der Waals surface area contributed by atoms with Gasteiger partial charge in [0.1, 0.15) is 5.82 Å². The summed E-state index contributed by atoms with van der Waals surface area (Å²) >= 11 is 0. The van der Waals surface area contributed by atoms with Gasteiger partial charge in [0, 0.05) is 6.54 Å². The molecule has 0 saturated carbocycles. The number of halogens is 1. The van der Waals surface area contributed by atoms with Gasteiger partial charge in [-0.05, 0) is 36.2 Å². The number of hydrogen-bond donors (Lipinski definition) is 1. The third kappa shape index (κ3) is 2.97. The molecule has 0 radical (unpaired) electrons. The van der Waals surface area contributed by atoms with Crippen molar-refractivity contribution in [1.29, 1.82) is 0 Å². The lowest BCUT2D eigenvalue weighted by atomic mass is 10.1. The number of amides is 1. The minimum Gasteiger partial charge on any atom is -0.454 e. The first-order valence-electron chi connectivity index (χ1n) is 6.65. The van der Waals surface area contributed by atoms with Crippen LogP contribution in [0, 0.1) is 5.82 Å². The molecule has 2 aromatic rings. The van der Waals surface area contributed by atoms with Crippen molar-refractivity contribution < 1.29 is 18.7 Å². The Bertz CT molecular complexity index is 672. The van der Waals surface area contributed by atoms with Crippen LogP contribution in [0.4, 0.5) is 4.39 Å². The number of carbonyl (C=O) groups excluding carboxylic acids is 1. The van der Waals surface area contributed by atoms with Crippen LogP contribution in [0.1, 0.15) is 15.9 Å². The molecule has 0 unspecified atom stereocenters. The van der Waals surface area contributed by atoms with Crippen LogP contribution in [0.5, 0.6) is 11.5 Å².